The molecule has 92 valence electrons. The number of aromatic nitrogens is 4. The lowest BCUT2D eigenvalue weighted by Gasteiger charge is -2.01. The Labute approximate surface area is 104 Å². The van der Waals surface area contributed by atoms with Gasteiger partial charge in [0.1, 0.15) is 6.54 Å². The molecule has 0 spiro atoms. The standard InChI is InChI=1S/C9H11BrN4O3/c1-4(15)3-14-5-6(11-8(14)10)13(2)9(17)12-7(5)16/h4,15H,3H2,1-2H3,(H,12,16,17)/p+1. The van der Waals surface area contributed by atoms with E-state index in [1.165, 1.54) is 4.57 Å². The van der Waals surface area contributed by atoms with Crippen molar-refractivity contribution >= 4 is 27.1 Å². The number of imidazole rings is 1. The van der Waals surface area contributed by atoms with Crippen molar-refractivity contribution in [2.45, 2.75) is 19.6 Å². The summed E-state index contributed by atoms with van der Waals surface area (Å²) in [6, 6.07) is 0. The van der Waals surface area contributed by atoms with E-state index in [4.69, 9.17) is 0 Å². The molecule has 2 aromatic heterocycles. The van der Waals surface area contributed by atoms with Crippen molar-refractivity contribution in [1.29, 1.82) is 0 Å². The number of hydrogen-bond acceptors (Lipinski definition) is 3. The summed E-state index contributed by atoms with van der Waals surface area (Å²) in [6.45, 7) is 1.87. The Kier molecular flexibility index (Phi) is 2.92. The van der Waals surface area contributed by atoms with Crippen LogP contribution in [0, 0.1) is 0 Å². The van der Waals surface area contributed by atoms with Crippen LogP contribution in [0.1, 0.15) is 6.92 Å². The predicted octanol–water partition coefficient (Wildman–Crippen LogP) is -1.01. The first-order chi connectivity index (χ1) is 7.91. The molecule has 1 atom stereocenters. The Morgan fingerprint density at radius 2 is 2.12 bits per heavy atom. The van der Waals surface area contributed by atoms with Crippen LogP contribution in [-0.4, -0.2) is 25.7 Å². The maximum absolute atomic E-state index is 11.8. The number of hydrogen-bond donors (Lipinski definition) is 3. The number of aliphatic hydroxyl groups is 1. The van der Waals surface area contributed by atoms with Crippen LogP contribution in [0.3, 0.4) is 0 Å². The van der Waals surface area contributed by atoms with Gasteiger partial charge in [-0.2, -0.15) is 0 Å². The number of fused-ring (bicyclic) bond motifs is 1. The molecule has 0 saturated carbocycles. The molecule has 0 aliphatic carbocycles. The molecule has 0 fully saturated rings. The summed E-state index contributed by atoms with van der Waals surface area (Å²) in [5.74, 6) is 0. The molecule has 2 heterocycles. The van der Waals surface area contributed by atoms with Crippen LogP contribution in [-0.2, 0) is 13.6 Å². The van der Waals surface area contributed by atoms with Gasteiger partial charge in [-0.05, 0) is 6.92 Å². The van der Waals surface area contributed by atoms with Crippen molar-refractivity contribution < 1.29 is 9.67 Å². The van der Waals surface area contributed by atoms with Gasteiger partial charge in [0.15, 0.2) is 0 Å². The molecule has 0 aromatic carbocycles. The first kappa shape index (κ1) is 12.1. The number of aryl methyl sites for hydroxylation is 1. The largest absolute Gasteiger partial charge is 0.389 e. The second-order valence-electron chi connectivity index (χ2n) is 3.89. The fraction of sp³-hybridized carbons (Fsp3) is 0.444. The summed E-state index contributed by atoms with van der Waals surface area (Å²) >= 11 is 3.26. The zero-order chi connectivity index (χ0) is 12.7. The summed E-state index contributed by atoms with van der Waals surface area (Å²) in [4.78, 5) is 28.3. The number of H-pyrrole nitrogens is 2. The molecule has 17 heavy (non-hydrogen) atoms. The molecule has 0 bridgehead atoms. The van der Waals surface area contributed by atoms with E-state index in [0.717, 1.165) is 0 Å². The van der Waals surface area contributed by atoms with Gasteiger partial charge in [-0.1, -0.05) is 0 Å². The van der Waals surface area contributed by atoms with E-state index >= 15 is 0 Å². The number of rotatable bonds is 2. The SMILES string of the molecule is CC(O)C[n+]1c(Br)[nH]c2c1c(=O)[nH]c(=O)n2C. The molecule has 0 amide bonds. The normalized spacial score (nSPS) is 13.2. The monoisotopic (exact) mass is 303 g/mol. The van der Waals surface area contributed by atoms with Crippen LogP contribution in [0.2, 0.25) is 0 Å². The first-order valence-electron chi connectivity index (χ1n) is 5.00. The van der Waals surface area contributed by atoms with E-state index in [1.54, 1.807) is 18.5 Å². The van der Waals surface area contributed by atoms with Gasteiger partial charge in [0.25, 0.3) is 11.2 Å². The molecule has 2 aromatic rings. The molecular formula is C9H12BrN4O3+. The molecule has 7 nitrogen and oxygen atoms in total. The van der Waals surface area contributed by atoms with Gasteiger partial charge < -0.3 is 5.11 Å². The Morgan fingerprint density at radius 3 is 2.71 bits per heavy atom. The molecule has 1 unspecified atom stereocenters. The van der Waals surface area contributed by atoms with Crippen molar-refractivity contribution in [1.82, 2.24) is 14.5 Å². The van der Waals surface area contributed by atoms with Crippen molar-refractivity contribution in [3.05, 3.63) is 25.6 Å². The summed E-state index contributed by atoms with van der Waals surface area (Å²) in [5, 5.41) is 9.39. The third kappa shape index (κ3) is 1.93. The Balaban J connectivity index is 2.87. The van der Waals surface area contributed by atoms with Gasteiger partial charge >= 0.3 is 16.0 Å². The van der Waals surface area contributed by atoms with E-state index in [-0.39, 0.29) is 6.54 Å². The van der Waals surface area contributed by atoms with Gasteiger partial charge in [0, 0.05) is 23.0 Å². The third-order valence-corrected chi connectivity index (χ3v) is 3.10. The molecule has 0 saturated heterocycles. The van der Waals surface area contributed by atoms with E-state index < -0.39 is 17.4 Å². The lowest BCUT2D eigenvalue weighted by atomic mass is 10.4. The van der Waals surface area contributed by atoms with E-state index in [2.05, 4.69) is 25.9 Å². The highest BCUT2D eigenvalue weighted by Gasteiger charge is 2.23. The Hall–Kier alpha value is -1.41. The number of aliphatic hydroxyl groups excluding tert-OH is 1. The second kappa shape index (κ2) is 4.11. The fourth-order valence-electron chi connectivity index (χ4n) is 1.70. The van der Waals surface area contributed by atoms with Crippen LogP contribution in [0.4, 0.5) is 0 Å². The summed E-state index contributed by atoms with van der Waals surface area (Å²) < 4.78 is 3.42. The average Bonchev–Trinajstić information content (AvgIpc) is 2.53. The number of halogens is 1. The highest BCUT2D eigenvalue weighted by molar-refractivity contribution is 9.10. The molecule has 2 rings (SSSR count). The minimum absolute atomic E-state index is 0.252. The first-order valence-corrected chi connectivity index (χ1v) is 5.79. The Bertz CT molecular complexity index is 682. The smallest absolute Gasteiger partial charge is 0.331 e. The van der Waals surface area contributed by atoms with Crippen LogP contribution < -0.4 is 15.8 Å². The Morgan fingerprint density at radius 1 is 1.47 bits per heavy atom. The highest BCUT2D eigenvalue weighted by Crippen LogP contribution is 2.07. The molecular weight excluding hydrogens is 292 g/mol. The average molecular weight is 304 g/mol. The van der Waals surface area contributed by atoms with Crippen LogP contribution in [0.5, 0.6) is 0 Å². The molecule has 0 aliphatic heterocycles. The third-order valence-electron chi connectivity index (χ3n) is 2.48. The predicted molar refractivity (Wildman–Crippen MR) is 63.7 cm³/mol. The van der Waals surface area contributed by atoms with Gasteiger partial charge in [0.2, 0.25) is 0 Å². The summed E-state index contributed by atoms with van der Waals surface area (Å²) in [6.07, 6.45) is -0.605. The lowest BCUT2D eigenvalue weighted by molar-refractivity contribution is -0.689. The van der Waals surface area contributed by atoms with Crippen LogP contribution in [0.25, 0.3) is 11.2 Å². The minimum Gasteiger partial charge on any atom is -0.389 e. The summed E-state index contributed by atoms with van der Waals surface area (Å²) in [7, 11) is 1.55. The fourth-order valence-corrected chi connectivity index (χ4v) is 2.21. The zero-order valence-corrected chi connectivity index (χ0v) is 10.9. The van der Waals surface area contributed by atoms with Crippen molar-refractivity contribution in [2.24, 2.45) is 7.05 Å². The zero-order valence-electron chi connectivity index (χ0n) is 9.32. The second-order valence-corrected chi connectivity index (χ2v) is 4.64. The maximum atomic E-state index is 11.8. The van der Waals surface area contributed by atoms with Crippen molar-refractivity contribution in [3.8, 4) is 0 Å². The van der Waals surface area contributed by atoms with Crippen LogP contribution in [0.15, 0.2) is 14.3 Å². The van der Waals surface area contributed by atoms with Gasteiger partial charge in [0.05, 0.1) is 6.10 Å². The van der Waals surface area contributed by atoms with Crippen LogP contribution >= 0.6 is 15.9 Å². The van der Waals surface area contributed by atoms with E-state index in [0.29, 0.717) is 15.9 Å². The number of aromatic amines is 2. The van der Waals surface area contributed by atoms with E-state index in [1.807, 2.05) is 0 Å². The maximum Gasteiger partial charge on any atom is 0.331 e. The molecule has 3 N–H and O–H groups in total. The minimum atomic E-state index is -0.605. The molecule has 8 heteroatoms. The molecule has 0 aliphatic rings. The quantitative estimate of drug-likeness (QED) is 0.490. The highest BCUT2D eigenvalue weighted by atomic mass is 79.9. The topological polar surface area (TPSA) is 94.8 Å². The number of nitrogens with one attached hydrogen (secondary N) is 2. The van der Waals surface area contributed by atoms with E-state index in [9.17, 15) is 14.7 Å². The number of nitrogens with zero attached hydrogens (tertiary/aromatic N) is 2. The molecule has 0 radical (unpaired) electrons. The van der Waals surface area contributed by atoms with Gasteiger partial charge in [-0.25, -0.2) is 14.3 Å². The lowest BCUT2D eigenvalue weighted by Crippen LogP contribution is -2.43. The van der Waals surface area contributed by atoms with Gasteiger partial charge in [-0.15, -0.1) is 0 Å². The summed E-state index contributed by atoms with van der Waals surface area (Å²) in [5.41, 5.74) is -0.239. The van der Waals surface area contributed by atoms with Crippen molar-refractivity contribution in [2.75, 3.05) is 0 Å². The van der Waals surface area contributed by atoms with Crippen molar-refractivity contribution in [3.63, 3.8) is 0 Å². The van der Waals surface area contributed by atoms with Gasteiger partial charge in [-0.3, -0.25) is 14.3 Å².